The van der Waals surface area contributed by atoms with E-state index in [1.54, 1.807) is 11.8 Å². The van der Waals surface area contributed by atoms with E-state index in [0.717, 1.165) is 36.1 Å². The van der Waals surface area contributed by atoms with E-state index in [1.165, 1.54) is 51.5 Å². The zero-order valence-corrected chi connectivity index (χ0v) is 26.5. The molecular weight excluding hydrogens is 574 g/mol. The van der Waals surface area contributed by atoms with E-state index in [4.69, 9.17) is 0 Å². The molecule has 0 radical (unpaired) electrons. The quantitative estimate of drug-likeness (QED) is 0.325. The van der Waals surface area contributed by atoms with Gasteiger partial charge in [0.25, 0.3) is 11.8 Å². The summed E-state index contributed by atoms with van der Waals surface area (Å²) in [6.45, 7) is 10.9. The summed E-state index contributed by atoms with van der Waals surface area (Å²) in [6.07, 6.45) is 3.81. The number of aryl methyl sites for hydroxylation is 2. The molecule has 0 saturated heterocycles. The third-order valence-corrected chi connectivity index (χ3v) is 10.5. The summed E-state index contributed by atoms with van der Waals surface area (Å²) >= 11 is 1.28. The topological polar surface area (TPSA) is 122 Å². The summed E-state index contributed by atoms with van der Waals surface area (Å²) in [6, 6.07) is 7.72. The standard InChI is InChI=1S/C30H39N5O5S2/c1-6-8-15-34(16-9-7-2)42(39,40)24-12-10-23(11-13-24)28(37)31-29-27(30(38)35-21(4)18-20(3)32-35)25-14-17-33(22(5)36)19-26(25)41-29/h10-13,18H,6-9,14-17,19H2,1-5H3,(H,31,37). The van der Waals surface area contributed by atoms with Gasteiger partial charge in [-0.1, -0.05) is 26.7 Å². The number of thiophene rings is 1. The Kier molecular flexibility index (Phi) is 10.0. The van der Waals surface area contributed by atoms with Crippen molar-refractivity contribution in [1.82, 2.24) is 19.0 Å². The van der Waals surface area contributed by atoms with Crippen molar-refractivity contribution in [2.45, 2.75) is 78.2 Å². The molecular formula is C30H39N5O5S2. The van der Waals surface area contributed by atoms with Gasteiger partial charge in [0.15, 0.2) is 0 Å². The molecule has 1 aromatic carbocycles. The number of anilines is 1. The van der Waals surface area contributed by atoms with Crippen LogP contribution in [0.1, 0.15) is 89.0 Å². The van der Waals surface area contributed by atoms with Gasteiger partial charge in [-0.05, 0) is 69.0 Å². The van der Waals surface area contributed by atoms with Gasteiger partial charge >= 0.3 is 0 Å². The zero-order chi connectivity index (χ0) is 30.6. The number of nitrogens with zero attached hydrogens (tertiary/aromatic N) is 4. The molecule has 3 heterocycles. The van der Waals surface area contributed by atoms with Crippen LogP contribution in [0, 0.1) is 13.8 Å². The SMILES string of the molecule is CCCCN(CCCC)S(=O)(=O)c1ccc(C(=O)Nc2sc3c(c2C(=O)n2nc(C)cc2C)CCN(C(C)=O)C3)cc1. The van der Waals surface area contributed by atoms with E-state index in [1.807, 2.05) is 26.8 Å². The minimum Gasteiger partial charge on any atom is -0.337 e. The molecule has 10 nitrogen and oxygen atoms in total. The number of carbonyl (C=O) groups excluding carboxylic acids is 3. The smallest absolute Gasteiger partial charge is 0.281 e. The molecule has 12 heteroatoms. The van der Waals surface area contributed by atoms with Crippen LogP contribution in [0.2, 0.25) is 0 Å². The van der Waals surface area contributed by atoms with Crippen LogP contribution in [0.3, 0.4) is 0 Å². The fraction of sp³-hybridized carbons (Fsp3) is 0.467. The molecule has 1 aliphatic heterocycles. The summed E-state index contributed by atoms with van der Waals surface area (Å²) in [7, 11) is -3.69. The number of benzene rings is 1. The molecule has 226 valence electrons. The second-order valence-corrected chi connectivity index (χ2v) is 13.7. The number of fused-ring (bicyclic) bond motifs is 1. The maximum atomic E-state index is 13.7. The molecule has 0 aliphatic carbocycles. The van der Waals surface area contributed by atoms with Crippen LogP contribution in [0.4, 0.5) is 5.00 Å². The number of hydrogen-bond donors (Lipinski definition) is 1. The van der Waals surface area contributed by atoms with Crippen LogP contribution in [0.25, 0.3) is 0 Å². The van der Waals surface area contributed by atoms with Gasteiger partial charge in [-0.2, -0.15) is 9.40 Å². The molecule has 0 saturated carbocycles. The van der Waals surface area contributed by atoms with E-state index >= 15 is 0 Å². The molecule has 0 fully saturated rings. The van der Waals surface area contributed by atoms with Crippen LogP contribution in [0.15, 0.2) is 35.2 Å². The molecule has 0 atom stereocenters. The number of nitrogens with one attached hydrogen (secondary N) is 1. The first-order valence-electron chi connectivity index (χ1n) is 14.4. The molecule has 4 rings (SSSR count). The maximum absolute atomic E-state index is 13.7. The van der Waals surface area contributed by atoms with Crippen molar-refractivity contribution in [1.29, 1.82) is 0 Å². The average Bonchev–Trinajstić information content (AvgIpc) is 3.50. The Bertz CT molecular complexity index is 1570. The number of hydrogen-bond acceptors (Lipinski definition) is 7. The number of unbranched alkanes of at least 4 members (excludes halogenated alkanes) is 2. The molecule has 1 N–H and O–H groups in total. The molecule has 3 aromatic rings. The lowest BCUT2D eigenvalue weighted by Crippen LogP contribution is -2.34. The van der Waals surface area contributed by atoms with Crippen molar-refractivity contribution >= 4 is 44.1 Å². The van der Waals surface area contributed by atoms with Crippen molar-refractivity contribution in [3.8, 4) is 0 Å². The second kappa shape index (κ2) is 13.3. The summed E-state index contributed by atoms with van der Waals surface area (Å²) in [5.74, 6) is -0.855. The highest BCUT2D eigenvalue weighted by atomic mass is 32.2. The van der Waals surface area contributed by atoms with Crippen molar-refractivity contribution < 1.29 is 22.8 Å². The van der Waals surface area contributed by atoms with Crippen LogP contribution in [-0.2, 0) is 27.8 Å². The highest BCUT2D eigenvalue weighted by Crippen LogP contribution is 2.38. The Morgan fingerprint density at radius 3 is 2.24 bits per heavy atom. The third-order valence-electron chi connectivity index (χ3n) is 7.42. The fourth-order valence-corrected chi connectivity index (χ4v) is 7.82. The average molecular weight is 614 g/mol. The first kappa shape index (κ1) is 31.6. The summed E-state index contributed by atoms with van der Waals surface area (Å²) < 4.78 is 29.5. The second-order valence-electron chi connectivity index (χ2n) is 10.6. The largest absolute Gasteiger partial charge is 0.337 e. The van der Waals surface area contributed by atoms with Gasteiger partial charge in [0.2, 0.25) is 15.9 Å². The predicted octanol–water partition coefficient (Wildman–Crippen LogP) is 5.00. The van der Waals surface area contributed by atoms with Gasteiger partial charge in [-0.25, -0.2) is 13.1 Å². The molecule has 0 bridgehead atoms. The van der Waals surface area contributed by atoms with Crippen LogP contribution >= 0.6 is 11.3 Å². The maximum Gasteiger partial charge on any atom is 0.281 e. The van der Waals surface area contributed by atoms with Crippen molar-refractivity contribution in [2.24, 2.45) is 0 Å². The van der Waals surface area contributed by atoms with Crippen molar-refractivity contribution in [3.05, 3.63) is 63.3 Å². The lowest BCUT2D eigenvalue weighted by molar-refractivity contribution is -0.129. The Labute approximate surface area is 251 Å². The Morgan fingerprint density at radius 2 is 1.69 bits per heavy atom. The monoisotopic (exact) mass is 613 g/mol. The molecule has 2 aromatic heterocycles. The molecule has 42 heavy (non-hydrogen) atoms. The molecule has 0 unspecified atom stereocenters. The predicted molar refractivity (Wildman–Crippen MR) is 164 cm³/mol. The van der Waals surface area contributed by atoms with E-state index in [9.17, 15) is 22.8 Å². The lowest BCUT2D eigenvalue weighted by Gasteiger charge is -2.26. The normalized spacial score (nSPS) is 13.3. The number of amides is 2. The Hall–Kier alpha value is -3.35. The number of rotatable bonds is 11. The third kappa shape index (κ3) is 6.66. The lowest BCUT2D eigenvalue weighted by atomic mass is 10.0. The highest BCUT2D eigenvalue weighted by Gasteiger charge is 2.31. The van der Waals surface area contributed by atoms with Gasteiger partial charge in [-0.3, -0.25) is 14.4 Å². The van der Waals surface area contributed by atoms with E-state index in [0.29, 0.717) is 54.6 Å². The first-order valence-corrected chi connectivity index (χ1v) is 16.6. The number of aromatic nitrogens is 2. The van der Waals surface area contributed by atoms with Crippen molar-refractivity contribution in [3.63, 3.8) is 0 Å². The van der Waals surface area contributed by atoms with Gasteiger partial charge in [0.05, 0.1) is 22.7 Å². The first-order chi connectivity index (χ1) is 20.0. The van der Waals surface area contributed by atoms with Gasteiger partial charge in [-0.15, -0.1) is 11.3 Å². The van der Waals surface area contributed by atoms with Crippen LogP contribution in [-0.4, -0.2) is 64.8 Å². The number of carbonyl (C=O) groups is 3. The summed E-state index contributed by atoms with van der Waals surface area (Å²) in [5.41, 5.74) is 2.84. The van der Waals surface area contributed by atoms with Crippen LogP contribution < -0.4 is 5.32 Å². The molecule has 2 amide bonds. The summed E-state index contributed by atoms with van der Waals surface area (Å²) in [5, 5.41) is 7.63. The zero-order valence-electron chi connectivity index (χ0n) is 24.9. The van der Waals surface area contributed by atoms with Crippen LogP contribution in [0.5, 0.6) is 0 Å². The van der Waals surface area contributed by atoms with E-state index in [-0.39, 0.29) is 22.3 Å². The summed E-state index contributed by atoms with van der Waals surface area (Å²) in [4.78, 5) is 41.9. The van der Waals surface area contributed by atoms with Gasteiger partial charge < -0.3 is 10.2 Å². The minimum absolute atomic E-state index is 0.0518. The van der Waals surface area contributed by atoms with E-state index in [2.05, 4.69) is 10.4 Å². The highest BCUT2D eigenvalue weighted by molar-refractivity contribution is 7.89. The Balaban J connectivity index is 1.63. The van der Waals surface area contributed by atoms with Gasteiger partial charge in [0, 0.05) is 42.7 Å². The van der Waals surface area contributed by atoms with Gasteiger partial charge in [0.1, 0.15) is 5.00 Å². The van der Waals surface area contributed by atoms with E-state index < -0.39 is 15.9 Å². The minimum atomic E-state index is -3.69. The fourth-order valence-electron chi connectivity index (χ4n) is 5.05. The Morgan fingerprint density at radius 1 is 1.05 bits per heavy atom. The molecule has 1 aliphatic rings. The van der Waals surface area contributed by atoms with Crippen molar-refractivity contribution in [2.75, 3.05) is 25.0 Å². The number of sulfonamides is 1. The molecule has 0 spiro atoms.